The lowest BCUT2D eigenvalue weighted by molar-refractivity contribution is -0.133. The van der Waals surface area contributed by atoms with Crippen molar-refractivity contribution in [2.24, 2.45) is 0 Å². The number of amides is 2. The molecule has 0 aliphatic carbocycles. The molecule has 2 unspecified atom stereocenters. The van der Waals surface area contributed by atoms with Gasteiger partial charge in [0.15, 0.2) is 0 Å². The Balaban J connectivity index is 0.00000200. The van der Waals surface area contributed by atoms with Gasteiger partial charge in [-0.05, 0) is 26.0 Å². The van der Waals surface area contributed by atoms with Crippen LogP contribution >= 0.6 is 12.4 Å². The van der Waals surface area contributed by atoms with Crippen molar-refractivity contribution in [1.29, 1.82) is 0 Å². The predicted molar refractivity (Wildman–Crippen MR) is 76.9 cm³/mol. The van der Waals surface area contributed by atoms with Crippen molar-refractivity contribution in [3.05, 3.63) is 24.2 Å². The zero-order valence-corrected chi connectivity index (χ0v) is 12.4. The fourth-order valence-corrected chi connectivity index (χ4v) is 2.19. The van der Waals surface area contributed by atoms with E-state index in [1.165, 1.54) is 12.5 Å². The van der Waals surface area contributed by atoms with E-state index in [1.807, 2.05) is 0 Å². The van der Waals surface area contributed by atoms with Crippen LogP contribution in [0.3, 0.4) is 0 Å². The van der Waals surface area contributed by atoms with Crippen LogP contribution in [0.15, 0.2) is 23.0 Å². The molecule has 0 aromatic carbocycles. The highest BCUT2D eigenvalue weighted by atomic mass is 35.5. The number of nitrogens with zero attached hydrogens (tertiary/aromatic N) is 1. The number of rotatable bonds is 4. The van der Waals surface area contributed by atoms with Crippen molar-refractivity contribution in [2.45, 2.75) is 25.4 Å². The molecular formula is C13H20ClN3O3. The lowest BCUT2D eigenvalue weighted by Gasteiger charge is -2.27. The largest absolute Gasteiger partial charge is 0.472 e. The van der Waals surface area contributed by atoms with Gasteiger partial charge >= 0.3 is 0 Å². The molecule has 2 rings (SSSR count). The summed E-state index contributed by atoms with van der Waals surface area (Å²) in [7, 11) is 1.78. The van der Waals surface area contributed by atoms with Gasteiger partial charge in [0.1, 0.15) is 12.3 Å². The minimum Gasteiger partial charge on any atom is -0.472 e. The Kier molecular flexibility index (Phi) is 6.04. The van der Waals surface area contributed by atoms with Crippen LogP contribution in [0.4, 0.5) is 0 Å². The molecule has 7 heteroatoms. The summed E-state index contributed by atoms with van der Waals surface area (Å²) >= 11 is 0. The third-order valence-corrected chi connectivity index (χ3v) is 3.43. The molecule has 2 N–H and O–H groups in total. The van der Waals surface area contributed by atoms with Crippen molar-refractivity contribution in [2.75, 3.05) is 20.1 Å². The molecule has 1 aliphatic rings. The van der Waals surface area contributed by atoms with E-state index in [4.69, 9.17) is 4.42 Å². The van der Waals surface area contributed by atoms with Gasteiger partial charge in [-0.3, -0.25) is 9.59 Å². The van der Waals surface area contributed by atoms with Crippen LogP contribution in [-0.2, 0) is 4.79 Å². The van der Waals surface area contributed by atoms with E-state index in [9.17, 15) is 9.59 Å². The maximum atomic E-state index is 12.2. The molecule has 112 valence electrons. The fourth-order valence-electron chi connectivity index (χ4n) is 2.19. The highest BCUT2D eigenvalue weighted by Gasteiger charge is 2.27. The van der Waals surface area contributed by atoms with Crippen molar-refractivity contribution < 1.29 is 14.0 Å². The average molecular weight is 302 g/mol. The number of hydrogen-bond acceptors (Lipinski definition) is 4. The summed E-state index contributed by atoms with van der Waals surface area (Å²) in [5, 5.41) is 5.89. The Morgan fingerprint density at radius 3 is 2.85 bits per heavy atom. The second kappa shape index (κ2) is 7.31. The molecule has 1 aromatic heterocycles. The van der Waals surface area contributed by atoms with Crippen LogP contribution < -0.4 is 10.6 Å². The van der Waals surface area contributed by atoms with E-state index in [1.54, 1.807) is 24.9 Å². The Labute approximate surface area is 124 Å². The maximum absolute atomic E-state index is 12.2. The number of furan rings is 1. The van der Waals surface area contributed by atoms with E-state index in [-0.39, 0.29) is 30.3 Å². The standard InChI is InChI=1S/C13H19N3O3.ClH/c1-9(15-12(17)10-4-6-19-8-10)13(18)16(2)11-3-5-14-7-11;/h4,6,8-9,11,14H,3,5,7H2,1-2H3,(H,15,17);1H. The molecule has 1 aromatic rings. The fraction of sp³-hybridized carbons (Fsp3) is 0.538. The first-order valence-electron chi connectivity index (χ1n) is 6.40. The summed E-state index contributed by atoms with van der Waals surface area (Å²) < 4.78 is 4.84. The molecule has 2 heterocycles. The number of hydrogen-bond donors (Lipinski definition) is 2. The van der Waals surface area contributed by atoms with Gasteiger partial charge in [-0.2, -0.15) is 0 Å². The smallest absolute Gasteiger partial charge is 0.255 e. The highest BCUT2D eigenvalue weighted by molar-refractivity contribution is 5.97. The Hall–Kier alpha value is -1.53. The molecule has 2 atom stereocenters. The van der Waals surface area contributed by atoms with Gasteiger partial charge in [0.05, 0.1) is 11.8 Å². The minimum atomic E-state index is -0.548. The molecule has 0 saturated carbocycles. The molecule has 2 amide bonds. The SMILES string of the molecule is CC(NC(=O)c1ccoc1)C(=O)N(C)C1CCNC1.Cl. The highest BCUT2D eigenvalue weighted by Crippen LogP contribution is 2.08. The van der Waals surface area contributed by atoms with Gasteiger partial charge in [-0.15, -0.1) is 12.4 Å². The van der Waals surface area contributed by atoms with Crippen LogP contribution in [0.5, 0.6) is 0 Å². The van der Waals surface area contributed by atoms with Gasteiger partial charge in [0.2, 0.25) is 5.91 Å². The van der Waals surface area contributed by atoms with Crippen LogP contribution in [0.1, 0.15) is 23.7 Å². The summed E-state index contributed by atoms with van der Waals surface area (Å²) in [5.41, 5.74) is 0.421. The minimum absolute atomic E-state index is 0. The third-order valence-electron chi connectivity index (χ3n) is 3.43. The third kappa shape index (κ3) is 3.74. The molecule has 0 radical (unpaired) electrons. The summed E-state index contributed by atoms with van der Waals surface area (Å²) in [6.45, 7) is 3.43. The van der Waals surface area contributed by atoms with Gasteiger partial charge in [0.25, 0.3) is 5.91 Å². The van der Waals surface area contributed by atoms with Crippen LogP contribution in [0, 0.1) is 0 Å². The molecule has 0 spiro atoms. The van der Waals surface area contributed by atoms with Crippen molar-refractivity contribution >= 4 is 24.2 Å². The van der Waals surface area contributed by atoms with E-state index in [0.717, 1.165) is 19.5 Å². The van der Waals surface area contributed by atoms with E-state index >= 15 is 0 Å². The van der Waals surface area contributed by atoms with Crippen molar-refractivity contribution in [3.8, 4) is 0 Å². The van der Waals surface area contributed by atoms with Crippen LogP contribution in [0.2, 0.25) is 0 Å². The first kappa shape index (κ1) is 16.5. The second-order valence-corrected chi connectivity index (χ2v) is 4.80. The Morgan fingerprint density at radius 1 is 1.55 bits per heavy atom. The molecular weight excluding hydrogens is 282 g/mol. The van der Waals surface area contributed by atoms with Crippen molar-refractivity contribution in [3.63, 3.8) is 0 Å². The van der Waals surface area contributed by atoms with E-state index in [0.29, 0.717) is 5.56 Å². The van der Waals surface area contributed by atoms with Gasteiger partial charge in [-0.1, -0.05) is 0 Å². The lowest BCUT2D eigenvalue weighted by Crippen LogP contribution is -2.49. The van der Waals surface area contributed by atoms with E-state index in [2.05, 4.69) is 10.6 Å². The predicted octanol–water partition coefficient (Wildman–Crippen LogP) is 0.640. The molecule has 0 bridgehead atoms. The lowest BCUT2D eigenvalue weighted by atomic mass is 10.2. The molecule has 1 aliphatic heterocycles. The monoisotopic (exact) mass is 301 g/mol. The van der Waals surface area contributed by atoms with Gasteiger partial charge in [0, 0.05) is 19.6 Å². The average Bonchev–Trinajstić information content (AvgIpc) is 3.08. The first-order valence-corrected chi connectivity index (χ1v) is 6.40. The van der Waals surface area contributed by atoms with Crippen LogP contribution in [0.25, 0.3) is 0 Å². The van der Waals surface area contributed by atoms with Gasteiger partial charge in [-0.25, -0.2) is 0 Å². The summed E-state index contributed by atoms with van der Waals surface area (Å²) in [6.07, 6.45) is 3.74. The summed E-state index contributed by atoms with van der Waals surface area (Å²) in [5.74, 6) is -0.377. The number of nitrogens with one attached hydrogen (secondary N) is 2. The number of carbonyl (C=O) groups excluding carboxylic acids is 2. The molecule has 1 fully saturated rings. The first-order chi connectivity index (χ1) is 9.09. The topological polar surface area (TPSA) is 74.6 Å². The van der Waals surface area contributed by atoms with Crippen molar-refractivity contribution in [1.82, 2.24) is 15.5 Å². The maximum Gasteiger partial charge on any atom is 0.255 e. The summed E-state index contributed by atoms with van der Waals surface area (Å²) in [6, 6.07) is 1.23. The normalized spacial score (nSPS) is 19.0. The van der Waals surface area contributed by atoms with E-state index < -0.39 is 6.04 Å². The number of carbonyl (C=O) groups is 2. The zero-order chi connectivity index (χ0) is 13.8. The Morgan fingerprint density at radius 2 is 2.30 bits per heavy atom. The van der Waals surface area contributed by atoms with Crippen LogP contribution in [-0.4, -0.2) is 48.9 Å². The zero-order valence-electron chi connectivity index (χ0n) is 11.6. The number of likely N-dealkylation sites (N-methyl/N-ethyl adjacent to an activating group) is 1. The van der Waals surface area contributed by atoms with Gasteiger partial charge < -0.3 is 20.0 Å². The molecule has 6 nitrogen and oxygen atoms in total. The molecule has 1 saturated heterocycles. The Bertz CT molecular complexity index is 444. The second-order valence-electron chi connectivity index (χ2n) is 4.80. The number of halogens is 1. The summed E-state index contributed by atoms with van der Waals surface area (Å²) in [4.78, 5) is 25.7. The quantitative estimate of drug-likeness (QED) is 0.856. The molecule has 20 heavy (non-hydrogen) atoms.